The Morgan fingerprint density at radius 1 is 1.54 bits per heavy atom. The fourth-order valence-electron chi connectivity index (χ4n) is 1.19. The molecule has 1 aliphatic rings. The van der Waals surface area contributed by atoms with Crippen LogP contribution in [-0.2, 0) is 0 Å². The molecule has 0 radical (unpaired) electrons. The molecule has 0 aromatic carbocycles. The van der Waals surface area contributed by atoms with Crippen molar-refractivity contribution in [3.63, 3.8) is 0 Å². The summed E-state index contributed by atoms with van der Waals surface area (Å²) in [6.07, 6.45) is -5.88. The lowest BCUT2D eigenvalue weighted by Gasteiger charge is -2.15. The van der Waals surface area contributed by atoms with Gasteiger partial charge in [0.1, 0.15) is 0 Å². The minimum absolute atomic E-state index is 0.0886. The van der Waals surface area contributed by atoms with Crippen LogP contribution in [0.15, 0.2) is 0 Å². The largest absolute Gasteiger partial charge is 0.415 e. The summed E-state index contributed by atoms with van der Waals surface area (Å²) in [5, 5.41) is 11.3. The molecule has 0 aromatic rings. The summed E-state index contributed by atoms with van der Waals surface area (Å²) < 4.78 is 35.5. The summed E-state index contributed by atoms with van der Waals surface area (Å²) in [5.74, 6) is 0. The molecule has 0 bridgehead atoms. The predicted octanol–water partition coefficient (Wildman–Crippen LogP) is 1.30. The van der Waals surface area contributed by atoms with Crippen molar-refractivity contribution < 1.29 is 18.3 Å². The van der Waals surface area contributed by atoms with Gasteiger partial charge in [0.25, 0.3) is 0 Å². The van der Waals surface area contributed by atoms with Crippen LogP contribution in [0.2, 0.25) is 0 Å². The molecule has 0 amide bonds. The summed E-state index contributed by atoms with van der Waals surface area (Å²) in [7, 11) is 0. The summed E-state index contributed by atoms with van der Waals surface area (Å²) in [6, 6.07) is 0.115. The van der Waals surface area contributed by atoms with Gasteiger partial charge in [0.2, 0.25) is 0 Å². The van der Waals surface area contributed by atoms with Crippen molar-refractivity contribution in [3.8, 4) is 0 Å². The summed E-state index contributed by atoms with van der Waals surface area (Å²) in [4.78, 5) is 0. The van der Waals surface area contributed by atoms with Crippen LogP contribution in [0.25, 0.3) is 0 Å². The Kier molecular flexibility index (Phi) is 2.60. The van der Waals surface area contributed by atoms with Crippen molar-refractivity contribution in [2.45, 2.75) is 38.6 Å². The average Bonchev–Trinajstić information content (AvgIpc) is 2.52. The molecule has 0 heterocycles. The van der Waals surface area contributed by atoms with Crippen molar-refractivity contribution in [1.29, 1.82) is 0 Å². The van der Waals surface area contributed by atoms with Crippen LogP contribution >= 0.6 is 0 Å². The van der Waals surface area contributed by atoms with E-state index in [-0.39, 0.29) is 11.5 Å². The Morgan fingerprint density at radius 3 is 2.31 bits per heavy atom. The number of alkyl halides is 3. The quantitative estimate of drug-likeness (QED) is 0.714. The van der Waals surface area contributed by atoms with Gasteiger partial charge >= 0.3 is 6.18 Å². The molecule has 2 unspecified atom stereocenters. The number of halogens is 3. The molecule has 1 aliphatic carbocycles. The van der Waals surface area contributed by atoms with E-state index in [1.165, 1.54) is 0 Å². The Labute approximate surface area is 75.1 Å². The second-order valence-electron chi connectivity index (χ2n) is 4.21. The number of nitrogens with one attached hydrogen (secondary N) is 1. The van der Waals surface area contributed by atoms with E-state index >= 15 is 0 Å². The van der Waals surface area contributed by atoms with Crippen LogP contribution in [0.3, 0.4) is 0 Å². The van der Waals surface area contributed by atoms with Crippen molar-refractivity contribution in [1.82, 2.24) is 5.32 Å². The lowest BCUT2D eigenvalue weighted by molar-refractivity contribution is -0.202. The van der Waals surface area contributed by atoms with E-state index in [1.54, 1.807) is 0 Å². The molecule has 2 atom stereocenters. The second-order valence-corrected chi connectivity index (χ2v) is 4.21. The fraction of sp³-hybridized carbons (Fsp3) is 1.00. The number of aliphatic hydroxyl groups excluding tert-OH is 1. The number of rotatable bonds is 3. The van der Waals surface area contributed by atoms with Crippen LogP contribution in [0.1, 0.15) is 20.3 Å². The first kappa shape index (κ1) is 10.8. The Hall–Kier alpha value is -0.290. The molecule has 1 saturated carbocycles. The molecular weight excluding hydrogens is 183 g/mol. The number of hydrogen-bond donors (Lipinski definition) is 2. The molecular formula is C8H14F3NO. The van der Waals surface area contributed by atoms with Crippen LogP contribution in [0, 0.1) is 5.41 Å². The summed E-state index contributed by atoms with van der Waals surface area (Å²) >= 11 is 0. The van der Waals surface area contributed by atoms with Gasteiger partial charge < -0.3 is 10.4 Å². The van der Waals surface area contributed by atoms with E-state index in [0.717, 1.165) is 6.42 Å². The Balaban J connectivity index is 2.21. The zero-order valence-electron chi connectivity index (χ0n) is 7.65. The smallest absolute Gasteiger partial charge is 0.382 e. The monoisotopic (exact) mass is 197 g/mol. The highest BCUT2D eigenvalue weighted by molar-refractivity contribution is 5.01. The Morgan fingerprint density at radius 2 is 2.00 bits per heavy atom. The maximum atomic E-state index is 11.8. The molecule has 2 N–H and O–H groups in total. The number of hydrogen-bond acceptors (Lipinski definition) is 2. The maximum Gasteiger partial charge on any atom is 0.415 e. The van der Waals surface area contributed by atoms with Gasteiger partial charge in [0, 0.05) is 12.6 Å². The van der Waals surface area contributed by atoms with Crippen LogP contribution in [0.5, 0.6) is 0 Å². The Bertz CT molecular complexity index is 190. The highest BCUT2D eigenvalue weighted by Crippen LogP contribution is 2.44. The fourth-order valence-corrected chi connectivity index (χ4v) is 1.19. The third-order valence-electron chi connectivity index (χ3n) is 2.45. The molecule has 5 heteroatoms. The molecule has 1 rings (SSSR count). The molecule has 78 valence electrons. The first-order chi connectivity index (χ1) is 5.73. The van der Waals surface area contributed by atoms with Crippen molar-refractivity contribution >= 4 is 0 Å². The molecule has 1 fully saturated rings. The van der Waals surface area contributed by atoms with Gasteiger partial charge in [0.15, 0.2) is 6.10 Å². The van der Waals surface area contributed by atoms with E-state index in [4.69, 9.17) is 5.11 Å². The van der Waals surface area contributed by atoms with Crippen LogP contribution in [-0.4, -0.2) is 30.0 Å². The first-order valence-corrected chi connectivity index (χ1v) is 4.21. The van der Waals surface area contributed by atoms with E-state index < -0.39 is 18.8 Å². The summed E-state index contributed by atoms with van der Waals surface area (Å²) in [6.45, 7) is 3.55. The lowest BCUT2D eigenvalue weighted by atomic mass is 10.2. The highest BCUT2D eigenvalue weighted by atomic mass is 19.4. The van der Waals surface area contributed by atoms with Crippen LogP contribution < -0.4 is 5.32 Å². The van der Waals surface area contributed by atoms with Gasteiger partial charge in [-0.15, -0.1) is 0 Å². The predicted molar refractivity (Wildman–Crippen MR) is 42.3 cm³/mol. The number of aliphatic hydroxyl groups is 1. The standard InChI is InChI=1S/C8H14F3NO/c1-7(2)3-5(7)12-4-6(13)8(9,10)11/h5-6,12-13H,3-4H2,1-2H3. The lowest BCUT2D eigenvalue weighted by Crippen LogP contribution is -2.39. The second kappa shape index (κ2) is 3.13. The highest BCUT2D eigenvalue weighted by Gasteiger charge is 2.47. The minimum Gasteiger partial charge on any atom is -0.382 e. The molecule has 0 saturated heterocycles. The normalized spacial score (nSPS) is 28.6. The average molecular weight is 197 g/mol. The molecule has 0 spiro atoms. The third-order valence-corrected chi connectivity index (χ3v) is 2.45. The zero-order chi connectivity index (χ0) is 10.3. The van der Waals surface area contributed by atoms with Gasteiger partial charge in [-0.05, 0) is 11.8 Å². The van der Waals surface area contributed by atoms with Gasteiger partial charge in [0.05, 0.1) is 0 Å². The molecule has 0 aromatic heterocycles. The van der Waals surface area contributed by atoms with Crippen molar-refractivity contribution in [2.24, 2.45) is 5.41 Å². The minimum atomic E-state index is -4.51. The molecule has 0 aliphatic heterocycles. The van der Waals surface area contributed by atoms with E-state index in [2.05, 4.69) is 5.32 Å². The molecule has 2 nitrogen and oxygen atoms in total. The van der Waals surface area contributed by atoms with E-state index in [1.807, 2.05) is 13.8 Å². The first-order valence-electron chi connectivity index (χ1n) is 4.21. The third kappa shape index (κ3) is 2.84. The van der Waals surface area contributed by atoms with Crippen LogP contribution in [0.4, 0.5) is 13.2 Å². The van der Waals surface area contributed by atoms with Gasteiger partial charge in [-0.2, -0.15) is 13.2 Å². The van der Waals surface area contributed by atoms with Gasteiger partial charge in [-0.3, -0.25) is 0 Å². The van der Waals surface area contributed by atoms with Crippen molar-refractivity contribution in [3.05, 3.63) is 0 Å². The van der Waals surface area contributed by atoms with E-state index in [0.29, 0.717) is 0 Å². The van der Waals surface area contributed by atoms with Gasteiger partial charge in [-0.1, -0.05) is 13.8 Å². The zero-order valence-corrected chi connectivity index (χ0v) is 7.65. The SMILES string of the molecule is CC1(C)CC1NCC(O)C(F)(F)F. The van der Waals surface area contributed by atoms with Crippen molar-refractivity contribution in [2.75, 3.05) is 6.54 Å². The van der Waals surface area contributed by atoms with Gasteiger partial charge in [-0.25, -0.2) is 0 Å². The molecule has 13 heavy (non-hydrogen) atoms. The van der Waals surface area contributed by atoms with E-state index in [9.17, 15) is 13.2 Å². The topological polar surface area (TPSA) is 32.3 Å². The summed E-state index contributed by atoms with van der Waals surface area (Å²) in [5.41, 5.74) is 0.0886. The maximum absolute atomic E-state index is 11.8.